The number of hydrogen-bond donors (Lipinski definition) is 2. The molecule has 2 N–H and O–H groups in total. The van der Waals surface area contributed by atoms with E-state index in [9.17, 15) is 0 Å². The fourth-order valence-electron chi connectivity index (χ4n) is 1.63. The van der Waals surface area contributed by atoms with E-state index >= 15 is 0 Å². The molecule has 0 aliphatic carbocycles. The maximum atomic E-state index is 4.35. The highest BCUT2D eigenvalue weighted by Gasteiger charge is 2.06. The maximum absolute atomic E-state index is 4.35. The van der Waals surface area contributed by atoms with Crippen LogP contribution in [0, 0.1) is 0 Å². The van der Waals surface area contributed by atoms with Crippen molar-refractivity contribution < 1.29 is 0 Å². The lowest BCUT2D eigenvalue weighted by Gasteiger charge is -1.98. The van der Waals surface area contributed by atoms with Crippen molar-refractivity contribution in [3.8, 4) is 0 Å². The highest BCUT2D eigenvalue weighted by molar-refractivity contribution is 5.83. The molecule has 0 saturated carbocycles. The van der Waals surface area contributed by atoms with Crippen LogP contribution in [0.1, 0.15) is 0 Å². The van der Waals surface area contributed by atoms with E-state index in [1.807, 2.05) is 30.5 Å². The molecule has 1 fully saturated rings. The first-order valence-corrected chi connectivity index (χ1v) is 4.93. The minimum Gasteiger partial charge on any atom is -0.353 e. The van der Waals surface area contributed by atoms with E-state index in [0.717, 1.165) is 30.0 Å². The highest BCUT2D eigenvalue weighted by atomic mass is 15.5. The summed E-state index contributed by atoms with van der Waals surface area (Å²) in [6.45, 7) is 1.83. The van der Waals surface area contributed by atoms with Crippen LogP contribution in [0.25, 0.3) is 10.9 Å². The Morgan fingerprint density at radius 3 is 2.87 bits per heavy atom. The molecule has 0 spiro atoms. The summed E-state index contributed by atoms with van der Waals surface area (Å²) in [7, 11) is 0. The number of rotatable bonds is 1. The smallest absolute Gasteiger partial charge is 0.216 e. The second-order valence-corrected chi connectivity index (χ2v) is 3.39. The highest BCUT2D eigenvalue weighted by Crippen LogP contribution is 2.11. The summed E-state index contributed by atoms with van der Waals surface area (Å²) in [6, 6.07) is 8.00. The fourth-order valence-corrected chi connectivity index (χ4v) is 1.63. The Kier molecular flexibility index (Phi) is 1.81. The van der Waals surface area contributed by atoms with Crippen LogP contribution in [-0.4, -0.2) is 28.9 Å². The monoisotopic (exact) mass is 201 g/mol. The lowest BCUT2D eigenvalue weighted by molar-refractivity contribution is 0.757. The first-order chi connectivity index (χ1) is 7.43. The first kappa shape index (κ1) is 8.28. The molecule has 0 radical (unpaired) electrons. The van der Waals surface area contributed by atoms with E-state index in [1.165, 1.54) is 0 Å². The van der Waals surface area contributed by atoms with Gasteiger partial charge in [0.2, 0.25) is 5.96 Å². The summed E-state index contributed by atoms with van der Waals surface area (Å²) in [4.78, 5) is 1.63. The molecule has 0 atom stereocenters. The van der Waals surface area contributed by atoms with Crippen molar-refractivity contribution in [3.63, 3.8) is 0 Å². The lowest BCUT2D eigenvalue weighted by atomic mass is 10.3. The quantitative estimate of drug-likeness (QED) is 0.700. The number of nitrogens with one attached hydrogen (secondary N) is 2. The van der Waals surface area contributed by atoms with E-state index in [2.05, 4.69) is 20.8 Å². The number of benzene rings is 1. The number of para-hydroxylation sites is 1. The average Bonchev–Trinajstić information content (AvgIpc) is 2.89. The first-order valence-electron chi connectivity index (χ1n) is 4.93. The normalized spacial score (nSPS) is 15.1. The van der Waals surface area contributed by atoms with E-state index < -0.39 is 0 Å². The number of hydrogen-bond acceptors (Lipinski definition) is 2. The van der Waals surface area contributed by atoms with Gasteiger partial charge in [-0.2, -0.15) is 5.10 Å². The van der Waals surface area contributed by atoms with Gasteiger partial charge in [-0.15, -0.1) is 9.89 Å². The zero-order valence-corrected chi connectivity index (χ0v) is 8.14. The van der Waals surface area contributed by atoms with Crippen LogP contribution in [0.3, 0.4) is 0 Å². The van der Waals surface area contributed by atoms with Crippen LogP contribution in [0.2, 0.25) is 0 Å². The third kappa shape index (κ3) is 1.41. The molecular formula is C10H11N5. The van der Waals surface area contributed by atoms with Crippen molar-refractivity contribution in [1.29, 1.82) is 0 Å². The number of fused-ring (bicyclic) bond motifs is 1. The molecule has 1 saturated heterocycles. The average molecular weight is 201 g/mol. The molecule has 3 rings (SSSR count). The molecule has 76 valence electrons. The molecule has 1 aliphatic heterocycles. The predicted octanol–water partition coefficient (Wildman–Crippen LogP) is 0.348. The standard InChI is InChI=1S/C10H11N5/c1-2-4-9-8(3-1)7-13-15(9)14-10-11-5-6-12-10/h1-4,7H,5-6H2,(H2,11,12,14). The SMILES string of the molecule is c1ccc2c(c1)cnn2N=C1NCCN1. The summed E-state index contributed by atoms with van der Waals surface area (Å²) < 4.78 is 0. The van der Waals surface area contributed by atoms with Gasteiger partial charge in [0, 0.05) is 18.5 Å². The van der Waals surface area contributed by atoms with Crippen molar-refractivity contribution in [1.82, 2.24) is 20.5 Å². The Morgan fingerprint density at radius 2 is 2.00 bits per heavy atom. The van der Waals surface area contributed by atoms with Crippen molar-refractivity contribution in [2.24, 2.45) is 5.10 Å². The van der Waals surface area contributed by atoms with E-state index in [-0.39, 0.29) is 0 Å². The summed E-state index contributed by atoms with van der Waals surface area (Å²) in [6.07, 6.45) is 1.81. The molecular weight excluding hydrogens is 190 g/mol. The Labute approximate surface area is 86.8 Å². The summed E-state index contributed by atoms with van der Waals surface area (Å²) >= 11 is 0. The molecule has 5 nitrogen and oxygen atoms in total. The van der Waals surface area contributed by atoms with Gasteiger partial charge in [0.25, 0.3) is 0 Å². The van der Waals surface area contributed by atoms with Crippen LogP contribution in [-0.2, 0) is 0 Å². The molecule has 0 unspecified atom stereocenters. The van der Waals surface area contributed by atoms with Gasteiger partial charge in [0.05, 0.1) is 11.7 Å². The van der Waals surface area contributed by atoms with Crippen molar-refractivity contribution in [2.75, 3.05) is 13.1 Å². The predicted molar refractivity (Wildman–Crippen MR) is 58.6 cm³/mol. The minimum absolute atomic E-state index is 0.781. The molecule has 15 heavy (non-hydrogen) atoms. The molecule has 0 amide bonds. The van der Waals surface area contributed by atoms with Gasteiger partial charge in [0.15, 0.2) is 0 Å². The maximum Gasteiger partial charge on any atom is 0.216 e. The van der Waals surface area contributed by atoms with Crippen molar-refractivity contribution >= 4 is 16.9 Å². The van der Waals surface area contributed by atoms with E-state index in [4.69, 9.17) is 0 Å². The Hall–Kier alpha value is -2.04. The largest absolute Gasteiger partial charge is 0.353 e. The van der Waals surface area contributed by atoms with Gasteiger partial charge >= 0.3 is 0 Å². The number of nitrogens with zero attached hydrogens (tertiary/aromatic N) is 3. The third-order valence-corrected chi connectivity index (χ3v) is 2.36. The van der Waals surface area contributed by atoms with E-state index in [1.54, 1.807) is 4.79 Å². The van der Waals surface area contributed by atoms with Gasteiger partial charge in [-0.05, 0) is 6.07 Å². The zero-order valence-electron chi connectivity index (χ0n) is 8.14. The molecule has 1 aromatic heterocycles. The molecule has 1 aromatic carbocycles. The van der Waals surface area contributed by atoms with Crippen molar-refractivity contribution in [2.45, 2.75) is 0 Å². The van der Waals surface area contributed by atoms with Crippen LogP contribution in [0.15, 0.2) is 35.6 Å². The summed E-state index contributed by atoms with van der Waals surface area (Å²) in [5.41, 5.74) is 1.01. The Bertz CT molecular complexity index is 505. The topological polar surface area (TPSA) is 54.2 Å². The Morgan fingerprint density at radius 1 is 1.20 bits per heavy atom. The molecule has 1 aliphatic rings. The van der Waals surface area contributed by atoms with Crippen molar-refractivity contribution in [3.05, 3.63) is 30.5 Å². The number of aromatic nitrogens is 2. The second-order valence-electron chi connectivity index (χ2n) is 3.39. The fraction of sp³-hybridized carbons (Fsp3) is 0.200. The third-order valence-electron chi connectivity index (χ3n) is 2.36. The lowest BCUT2D eigenvalue weighted by Crippen LogP contribution is -2.25. The molecule has 0 bridgehead atoms. The number of guanidine groups is 1. The van der Waals surface area contributed by atoms with Gasteiger partial charge < -0.3 is 10.6 Å². The van der Waals surface area contributed by atoms with Crippen LogP contribution in [0.5, 0.6) is 0 Å². The molecule has 2 aromatic rings. The summed E-state index contributed by atoms with van der Waals surface area (Å²) in [5.74, 6) is 0.781. The molecule has 2 heterocycles. The molecule has 5 heteroatoms. The van der Waals surface area contributed by atoms with Crippen LogP contribution < -0.4 is 10.6 Å². The van der Waals surface area contributed by atoms with Gasteiger partial charge in [-0.25, -0.2) is 0 Å². The Balaban J connectivity index is 2.07. The van der Waals surface area contributed by atoms with Crippen LogP contribution >= 0.6 is 0 Å². The van der Waals surface area contributed by atoms with Gasteiger partial charge in [-0.1, -0.05) is 18.2 Å². The summed E-state index contributed by atoms with van der Waals surface area (Å²) in [5, 5.41) is 15.9. The minimum atomic E-state index is 0.781. The van der Waals surface area contributed by atoms with Gasteiger partial charge in [0.1, 0.15) is 0 Å². The zero-order chi connectivity index (χ0) is 10.1. The van der Waals surface area contributed by atoms with Crippen LogP contribution in [0.4, 0.5) is 0 Å². The van der Waals surface area contributed by atoms with E-state index in [0.29, 0.717) is 0 Å². The second kappa shape index (κ2) is 3.27. The van der Waals surface area contributed by atoms with Gasteiger partial charge in [-0.3, -0.25) is 0 Å².